The molecule has 27 heavy (non-hydrogen) atoms. The van der Waals surface area contributed by atoms with Crippen molar-refractivity contribution >= 4 is 10.8 Å². The molecule has 3 heteroatoms. The molecule has 0 amide bonds. The van der Waals surface area contributed by atoms with Crippen LogP contribution in [0.2, 0.25) is 0 Å². The van der Waals surface area contributed by atoms with Crippen molar-refractivity contribution in [2.24, 2.45) is 5.92 Å². The van der Waals surface area contributed by atoms with E-state index in [1.165, 1.54) is 12.1 Å². The number of rotatable bonds is 1. The normalized spacial score (nSPS) is 19.1. The molecular weight excluding hydrogens is 339 g/mol. The molecule has 1 fully saturated rings. The van der Waals surface area contributed by atoms with Gasteiger partial charge in [0.15, 0.2) is 6.29 Å². The highest BCUT2D eigenvalue weighted by Gasteiger charge is 2.21. The second kappa shape index (κ2) is 7.64. The van der Waals surface area contributed by atoms with Crippen molar-refractivity contribution in [3.8, 4) is 24.2 Å². The van der Waals surface area contributed by atoms with Gasteiger partial charge in [-0.15, -0.1) is 6.42 Å². The van der Waals surface area contributed by atoms with Crippen molar-refractivity contribution in [1.82, 2.24) is 0 Å². The lowest BCUT2D eigenvalue weighted by atomic mass is 10.1. The minimum atomic E-state index is -0.377. The molecule has 132 valence electrons. The van der Waals surface area contributed by atoms with E-state index in [2.05, 4.69) is 17.8 Å². The molecule has 2 nitrogen and oxygen atoms in total. The molecule has 0 bridgehead atoms. The molecule has 0 aromatic heterocycles. The molecule has 1 saturated heterocycles. The molecule has 0 atom stereocenters. The second-order valence-corrected chi connectivity index (χ2v) is 6.44. The monoisotopic (exact) mass is 356 g/mol. The maximum atomic E-state index is 13.3. The third kappa shape index (κ3) is 4.01. The Morgan fingerprint density at radius 2 is 1.44 bits per heavy atom. The molecule has 1 heterocycles. The SMILES string of the molecule is C#CC1COC(c2ccc(C#Cc3ccc4cc(F)ccc4c3)cc2)OC1. The van der Waals surface area contributed by atoms with Crippen molar-refractivity contribution in [3.63, 3.8) is 0 Å². The molecule has 1 aliphatic rings. The first-order valence-electron chi connectivity index (χ1n) is 8.72. The van der Waals surface area contributed by atoms with Gasteiger partial charge in [-0.05, 0) is 47.2 Å². The maximum absolute atomic E-state index is 13.3. The first kappa shape index (κ1) is 17.3. The van der Waals surface area contributed by atoms with Crippen LogP contribution in [-0.2, 0) is 9.47 Å². The number of halogens is 1. The smallest absolute Gasteiger partial charge is 0.183 e. The molecular formula is C24H17FO2. The molecule has 0 aliphatic carbocycles. The van der Waals surface area contributed by atoms with E-state index in [1.807, 2.05) is 42.5 Å². The van der Waals surface area contributed by atoms with Gasteiger partial charge in [0.25, 0.3) is 0 Å². The van der Waals surface area contributed by atoms with Gasteiger partial charge in [-0.2, -0.15) is 0 Å². The Balaban J connectivity index is 1.48. The first-order valence-corrected chi connectivity index (χ1v) is 8.72. The third-order valence-electron chi connectivity index (χ3n) is 4.47. The van der Waals surface area contributed by atoms with Gasteiger partial charge < -0.3 is 9.47 Å². The first-order chi connectivity index (χ1) is 13.2. The summed E-state index contributed by atoms with van der Waals surface area (Å²) in [7, 11) is 0. The number of hydrogen-bond acceptors (Lipinski definition) is 2. The Kier molecular flexibility index (Phi) is 4.90. The van der Waals surface area contributed by atoms with Gasteiger partial charge in [-0.1, -0.05) is 42.0 Å². The van der Waals surface area contributed by atoms with Crippen molar-refractivity contribution < 1.29 is 13.9 Å². The number of fused-ring (bicyclic) bond motifs is 1. The van der Waals surface area contributed by atoms with Crippen LogP contribution in [0.5, 0.6) is 0 Å². The minimum Gasteiger partial charge on any atom is -0.347 e. The van der Waals surface area contributed by atoms with Gasteiger partial charge in [0.2, 0.25) is 0 Å². The summed E-state index contributed by atoms with van der Waals surface area (Å²) in [6.45, 7) is 1.02. The highest BCUT2D eigenvalue weighted by Crippen LogP contribution is 2.25. The predicted molar refractivity (Wildman–Crippen MR) is 103 cm³/mol. The fourth-order valence-electron chi connectivity index (χ4n) is 2.95. The van der Waals surface area contributed by atoms with Crippen LogP contribution in [0.4, 0.5) is 4.39 Å². The molecule has 3 aromatic carbocycles. The molecule has 0 radical (unpaired) electrons. The van der Waals surface area contributed by atoms with E-state index >= 15 is 0 Å². The lowest BCUT2D eigenvalue weighted by molar-refractivity contribution is -0.196. The third-order valence-corrected chi connectivity index (χ3v) is 4.47. The fourth-order valence-corrected chi connectivity index (χ4v) is 2.95. The van der Waals surface area contributed by atoms with E-state index in [1.54, 1.807) is 6.07 Å². The van der Waals surface area contributed by atoms with E-state index in [0.29, 0.717) is 13.2 Å². The maximum Gasteiger partial charge on any atom is 0.183 e. The quantitative estimate of drug-likeness (QED) is 0.590. The van der Waals surface area contributed by atoms with Gasteiger partial charge in [0, 0.05) is 16.7 Å². The van der Waals surface area contributed by atoms with E-state index in [0.717, 1.165) is 27.5 Å². The molecule has 0 saturated carbocycles. The highest BCUT2D eigenvalue weighted by atomic mass is 19.1. The molecule has 1 aliphatic heterocycles. The lowest BCUT2D eigenvalue weighted by Crippen LogP contribution is -2.25. The number of ether oxygens (including phenoxy) is 2. The summed E-state index contributed by atoms with van der Waals surface area (Å²) < 4.78 is 24.6. The molecule has 0 N–H and O–H groups in total. The van der Waals surface area contributed by atoms with Crippen LogP contribution in [0.15, 0.2) is 60.7 Å². The van der Waals surface area contributed by atoms with E-state index in [-0.39, 0.29) is 18.0 Å². The molecule has 0 spiro atoms. The van der Waals surface area contributed by atoms with Gasteiger partial charge in [0.1, 0.15) is 5.82 Å². The standard InChI is InChI=1S/C24H17FO2/c1-2-17-15-26-24(27-16-17)20-8-5-18(6-9-20)3-4-19-7-10-22-14-23(25)12-11-21(22)13-19/h1,5-14,17,24H,15-16H2. The summed E-state index contributed by atoms with van der Waals surface area (Å²) in [5.74, 6) is 8.73. The number of benzene rings is 3. The molecule has 0 unspecified atom stereocenters. The topological polar surface area (TPSA) is 18.5 Å². The summed E-state index contributed by atoms with van der Waals surface area (Å²) in [5, 5.41) is 1.83. The Hall–Kier alpha value is -3.11. The largest absolute Gasteiger partial charge is 0.347 e. The Labute approximate surface area is 157 Å². The summed E-state index contributed by atoms with van der Waals surface area (Å²) >= 11 is 0. The average molecular weight is 356 g/mol. The highest BCUT2D eigenvalue weighted by molar-refractivity contribution is 5.83. The predicted octanol–water partition coefficient (Wildman–Crippen LogP) is 4.67. The van der Waals surface area contributed by atoms with E-state index in [4.69, 9.17) is 15.9 Å². The van der Waals surface area contributed by atoms with Crippen molar-refractivity contribution in [1.29, 1.82) is 0 Å². The van der Waals surface area contributed by atoms with Gasteiger partial charge in [-0.25, -0.2) is 4.39 Å². The average Bonchev–Trinajstić information content (AvgIpc) is 2.72. The summed E-state index contributed by atoms with van der Waals surface area (Å²) in [6, 6.07) is 18.3. The summed E-state index contributed by atoms with van der Waals surface area (Å²) in [6.07, 6.45) is 5.01. The van der Waals surface area contributed by atoms with Crippen LogP contribution in [-0.4, -0.2) is 13.2 Å². The summed E-state index contributed by atoms with van der Waals surface area (Å²) in [5.41, 5.74) is 2.73. The Bertz CT molecular complexity index is 1060. The van der Waals surface area contributed by atoms with Crippen LogP contribution in [0, 0.1) is 35.9 Å². The van der Waals surface area contributed by atoms with Gasteiger partial charge >= 0.3 is 0 Å². The molecule has 4 rings (SSSR count). The number of terminal acetylenes is 1. The van der Waals surface area contributed by atoms with E-state index in [9.17, 15) is 4.39 Å². The zero-order chi connectivity index (χ0) is 18.6. The van der Waals surface area contributed by atoms with Crippen LogP contribution < -0.4 is 0 Å². The van der Waals surface area contributed by atoms with E-state index < -0.39 is 0 Å². The van der Waals surface area contributed by atoms with Gasteiger partial charge in [0.05, 0.1) is 19.1 Å². The second-order valence-electron chi connectivity index (χ2n) is 6.44. The lowest BCUT2D eigenvalue weighted by Gasteiger charge is -2.27. The zero-order valence-electron chi connectivity index (χ0n) is 14.6. The van der Waals surface area contributed by atoms with Crippen molar-refractivity contribution in [2.45, 2.75) is 6.29 Å². The fraction of sp³-hybridized carbons (Fsp3) is 0.167. The Morgan fingerprint density at radius 3 is 2.19 bits per heavy atom. The van der Waals surface area contributed by atoms with Crippen LogP contribution in [0.3, 0.4) is 0 Å². The molecule has 3 aromatic rings. The van der Waals surface area contributed by atoms with Crippen LogP contribution in [0.1, 0.15) is 23.0 Å². The van der Waals surface area contributed by atoms with Crippen LogP contribution in [0.25, 0.3) is 10.8 Å². The van der Waals surface area contributed by atoms with Gasteiger partial charge in [-0.3, -0.25) is 0 Å². The Morgan fingerprint density at radius 1 is 0.815 bits per heavy atom. The van der Waals surface area contributed by atoms with Crippen molar-refractivity contribution in [2.75, 3.05) is 13.2 Å². The zero-order valence-corrected chi connectivity index (χ0v) is 14.6. The van der Waals surface area contributed by atoms with Crippen molar-refractivity contribution in [3.05, 3.63) is 83.2 Å². The minimum absolute atomic E-state index is 0.0184. The number of hydrogen-bond donors (Lipinski definition) is 0. The van der Waals surface area contributed by atoms with Crippen LogP contribution >= 0.6 is 0 Å². The summed E-state index contributed by atoms with van der Waals surface area (Å²) in [4.78, 5) is 0.